The summed E-state index contributed by atoms with van der Waals surface area (Å²) in [6.07, 6.45) is -5.80. The lowest BCUT2D eigenvalue weighted by Crippen LogP contribution is -2.55. The molecule has 1 aliphatic carbocycles. The van der Waals surface area contributed by atoms with Crippen molar-refractivity contribution in [3.05, 3.63) is 119 Å². The molecule has 1 aliphatic heterocycles. The average Bonchev–Trinajstić information content (AvgIpc) is 3.37. The molecule has 7 rings (SSSR count). The summed E-state index contributed by atoms with van der Waals surface area (Å²) in [6, 6.07) is 23.3. The van der Waals surface area contributed by atoms with Crippen LogP contribution in [0.25, 0.3) is 11.2 Å². The van der Waals surface area contributed by atoms with Crippen LogP contribution in [0.2, 0.25) is 5.28 Å². The van der Waals surface area contributed by atoms with E-state index in [1.807, 2.05) is 0 Å². The molecule has 2 aromatic heterocycles. The van der Waals surface area contributed by atoms with E-state index in [9.17, 15) is 19.5 Å². The topological polar surface area (TPSA) is 187 Å². The van der Waals surface area contributed by atoms with Crippen LogP contribution in [-0.2, 0) is 52.9 Å². The number of nitrogens with two attached hydrogens (primary N) is 1. The number of aliphatic hydroxyl groups is 1. The number of alkyl halides is 1. The number of halogens is 2. The van der Waals surface area contributed by atoms with Crippen molar-refractivity contribution in [2.75, 3.05) is 12.8 Å². The number of benzene rings is 3. The Morgan fingerprint density at radius 3 is 2.08 bits per heavy atom. The SMILES string of the molecule is COC(=O)c1ccc(CC(OC2[C@H]3O[C@@H](n4cnc5c(N)nc(Cl)nc54)[C@@H](F)[C@@]23O)(C(=O)OCc2ccccc2)C(=O)OCc2ccccc2)cc1. The molecule has 14 nitrogen and oxygen atoms in total. The lowest BCUT2D eigenvalue weighted by atomic mass is 9.93. The van der Waals surface area contributed by atoms with Gasteiger partial charge in [0.15, 0.2) is 29.5 Å². The molecule has 1 unspecified atom stereocenters. The Labute approximate surface area is 300 Å². The van der Waals surface area contributed by atoms with E-state index in [2.05, 4.69) is 15.0 Å². The smallest absolute Gasteiger partial charge is 0.351 e. The van der Waals surface area contributed by atoms with E-state index >= 15 is 4.39 Å². The van der Waals surface area contributed by atoms with Gasteiger partial charge in [0.1, 0.15) is 30.9 Å². The fourth-order valence-electron chi connectivity index (χ4n) is 6.16. The van der Waals surface area contributed by atoms with Gasteiger partial charge < -0.3 is 34.5 Å². The van der Waals surface area contributed by atoms with Crippen molar-refractivity contribution in [1.29, 1.82) is 0 Å². The number of hydrogen-bond donors (Lipinski definition) is 2. The van der Waals surface area contributed by atoms with Gasteiger partial charge in [0.2, 0.25) is 5.28 Å². The second-order valence-electron chi connectivity index (χ2n) is 12.3. The first-order chi connectivity index (χ1) is 25.0. The number of carbonyl (C=O) groups excluding carboxylic acids is 3. The number of rotatable bonds is 12. The maximum absolute atomic E-state index is 16.4. The molecule has 2 aliphatic rings. The molecule has 5 aromatic rings. The number of fused-ring (bicyclic) bond motifs is 2. The number of imidazole rings is 1. The van der Waals surface area contributed by atoms with E-state index in [0.717, 1.165) is 0 Å². The van der Waals surface area contributed by atoms with Gasteiger partial charge in [-0.2, -0.15) is 9.97 Å². The first-order valence-electron chi connectivity index (χ1n) is 16.0. The summed E-state index contributed by atoms with van der Waals surface area (Å²) in [7, 11) is 1.23. The third-order valence-corrected chi connectivity index (χ3v) is 9.16. The quantitative estimate of drug-likeness (QED) is 0.0820. The maximum atomic E-state index is 16.4. The summed E-state index contributed by atoms with van der Waals surface area (Å²) < 4.78 is 45.9. The van der Waals surface area contributed by atoms with E-state index < -0.39 is 60.1 Å². The van der Waals surface area contributed by atoms with Gasteiger partial charge >= 0.3 is 17.9 Å². The normalized spacial score (nSPS) is 22.1. The Bertz CT molecular complexity index is 2070. The van der Waals surface area contributed by atoms with Crippen LogP contribution in [0.1, 0.15) is 33.3 Å². The van der Waals surface area contributed by atoms with Gasteiger partial charge in [-0.1, -0.05) is 72.8 Å². The van der Waals surface area contributed by atoms with Crippen molar-refractivity contribution in [3.63, 3.8) is 0 Å². The molecule has 16 heteroatoms. The molecular weight excluding hydrogens is 701 g/mol. The third kappa shape index (κ3) is 6.32. The van der Waals surface area contributed by atoms with Crippen LogP contribution >= 0.6 is 11.6 Å². The highest BCUT2D eigenvalue weighted by Gasteiger charge is 2.81. The summed E-state index contributed by atoms with van der Waals surface area (Å²) in [5.41, 5.74) is 2.96. The zero-order valence-corrected chi connectivity index (χ0v) is 28.2. The van der Waals surface area contributed by atoms with Crippen LogP contribution < -0.4 is 5.73 Å². The van der Waals surface area contributed by atoms with Crippen molar-refractivity contribution in [2.24, 2.45) is 0 Å². The van der Waals surface area contributed by atoms with Gasteiger partial charge in [-0.05, 0) is 40.4 Å². The van der Waals surface area contributed by atoms with Gasteiger partial charge in [0.05, 0.1) is 19.0 Å². The van der Waals surface area contributed by atoms with E-state index in [0.29, 0.717) is 16.7 Å². The number of carbonyl (C=O) groups is 3. The Kier molecular flexibility index (Phi) is 9.35. The molecule has 0 radical (unpaired) electrons. The first kappa shape index (κ1) is 34.9. The van der Waals surface area contributed by atoms with Crippen LogP contribution in [0.3, 0.4) is 0 Å². The second-order valence-corrected chi connectivity index (χ2v) is 12.6. The Morgan fingerprint density at radius 2 is 1.54 bits per heavy atom. The highest BCUT2D eigenvalue weighted by molar-refractivity contribution is 6.28. The molecular formula is C36H31ClFN5O9. The Hall–Kier alpha value is -5.48. The first-order valence-corrected chi connectivity index (χ1v) is 16.4. The van der Waals surface area contributed by atoms with Gasteiger partial charge in [-0.25, -0.2) is 23.8 Å². The average molecular weight is 732 g/mol. The molecule has 268 valence electrons. The summed E-state index contributed by atoms with van der Waals surface area (Å²) in [6.45, 7) is -0.496. The second kappa shape index (κ2) is 13.9. The van der Waals surface area contributed by atoms with Crippen molar-refractivity contribution >= 4 is 46.5 Å². The molecule has 3 aromatic carbocycles. The monoisotopic (exact) mass is 731 g/mol. The summed E-state index contributed by atoms with van der Waals surface area (Å²) in [4.78, 5) is 52.7. The summed E-state index contributed by atoms with van der Waals surface area (Å²) in [5, 5.41) is 11.5. The Morgan fingerprint density at radius 1 is 0.942 bits per heavy atom. The van der Waals surface area contributed by atoms with Crippen LogP contribution in [0.4, 0.5) is 10.2 Å². The maximum Gasteiger partial charge on any atom is 0.351 e. The van der Waals surface area contributed by atoms with Gasteiger partial charge in [0.25, 0.3) is 5.60 Å². The zero-order chi connectivity index (χ0) is 36.6. The van der Waals surface area contributed by atoms with Crippen LogP contribution in [-0.4, -0.2) is 79.2 Å². The summed E-state index contributed by atoms with van der Waals surface area (Å²) in [5.74, 6) is -2.96. The minimum Gasteiger partial charge on any atom is -0.465 e. The molecule has 1 saturated carbocycles. The fourth-order valence-corrected chi connectivity index (χ4v) is 6.33. The number of ether oxygens (including phenoxy) is 5. The molecule has 0 amide bonds. The minimum atomic E-state index is -2.59. The lowest BCUT2D eigenvalue weighted by Gasteiger charge is -2.32. The van der Waals surface area contributed by atoms with Crippen molar-refractivity contribution in [3.8, 4) is 0 Å². The number of methoxy groups -OCH3 is 1. The Balaban J connectivity index is 1.22. The molecule has 0 bridgehead atoms. The van der Waals surface area contributed by atoms with Crippen molar-refractivity contribution in [2.45, 2.75) is 55.4 Å². The number of nitrogen functional groups attached to an aromatic ring is 1. The van der Waals surface area contributed by atoms with E-state index in [-0.39, 0.29) is 41.0 Å². The number of hydrogen-bond acceptors (Lipinski definition) is 13. The zero-order valence-electron chi connectivity index (χ0n) is 27.4. The fraction of sp³-hybridized carbons (Fsp3) is 0.278. The van der Waals surface area contributed by atoms with E-state index in [1.165, 1.54) is 42.3 Å². The predicted octanol–water partition coefficient (Wildman–Crippen LogP) is 3.68. The molecule has 5 atom stereocenters. The lowest BCUT2D eigenvalue weighted by molar-refractivity contribution is -0.203. The van der Waals surface area contributed by atoms with Crippen LogP contribution in [0.15, 0.2) is 91.3 Å². The van der Waals surface area contributed by atoms with Crippen molar-refractivity contribution in [1.82, 2.24) is 19.5 Å². The number of esters is 3. The molecule has 3 N–H and O–H groups in total. The predicted molar refractivity (Wildman–Crippen MR) is 180 cm³/mol. The standard InChI is InChI=1S/C36H31ClFN5O9/c1-48-31(44)23-14-12-20(13-15-23)16-35(32(45)49-17-21-8-4-2-5-9-21,33(46)50-18-22-10-6-3-7-11-22)52-27-26-36(27,47)25(38)30(51-26)43-19-40-24-28(39)41-34(37)42-29(24)43/h2-15,19,25-27,30,47H,16-18H2,1H3,(H2,39,41,42)/t25-,26-,27?,30-,36+/m1/s1. The van der Waals surface area contributed by atoms with Gasteiger partial charge in [-0.15, -0.1) is 0 Å². The molecule has 0 spiro atoms. The molecule has 1 saturated heterocycles. The third-order valence-electron chi connectivity index (χ3n) is 8.99. The number of anilines is 1. The van der Waals surface area contributed by atoms with Gasteiger partial charge in [-0.3, -0.25) is 4.57 Å². The number of aromatic nitrogens is 4. The minimum absolute atomic E-state index is 0.0420. The highest BCUT2D eigenvalue weighted by atomic mass is 35.5. The van der Waals surface area contributed by atoms with E-state index in [1.54, 1.807) is 60.7 Å². The van der Waals surface area contributed by atoms with Crippen LogP contribution in [0.5, 0.6) is 0 Å². The summed E-state index contributed by atoms with van der Waals surface area (Å²) >= 11 is 5.99. The highest BCUT2D eigenvalue weighted by Crippen LogP contribution is 2.58. The van der Waals surface area contributed by atoms with Crippen LogP contribution in [0, 0.1) is 0 Å². The van der Waals surface area contributed by atoms with Crippen molar-refractivity contribution < 1.29 is 47.6 Å². The van der Waals surface area contributed by atoms with Gasteiger partial charge in [0, 0.05) is 6.42 Å². The molecule has 3 heterocycles. The largest absolute Gasteiger partial charge is 0.465 e. The molecule has 2 fully saturated rings. The number of nitrogens with zero attached hydrogens (tertiary/aromatic N) is 4. The van der Waals surface area contributed by atoms with E-state index in [4.69, 9.17) is 41.0 Å². The molecule has 52 heavy (non-hydrogen) atoms.